The van der Waals surface area contributed by atoms with Crippen LogP contribution in [0.25, 0.3) is 0 Å². The van der Waals surface area contributed by atoms with Crippen LogP contribution in [0.15, 0.2) is 18.2 Å². The maximum absolute atomic E-state index is 11.9. The van der Waals surface area contributed by atoms with Gasteiger partial charge in [-0.2, -0.15) is 8.78 Å². The van der Waals surface area contributed by atoms with Crippen LogP contribution in [0.1, 0.15) is 5.56 Å². The monoisotopic (exact) mass is 278 g/mol. The summed E-state index contributed by atoms with van der Waals surface area (Å²) in [6.07, 6.45) is 0.838. The average Bonchev–Trinajstić information content (AvgIpc) is 2.17. The van der Waals surface area contributed by atoms with E-state index < -0.39 is 6.61 Å². The Balaban J connectivity index is 2.19. The minimum atomic E-state index is -2.80. The molecule has 1 aliphatic rings. The highest BCUT2D eigenvalue weighted by Gasteiger charge is 2.18. The molecule has 0 saturated heterocycles. The smallest absolute Gasteiger partial charge is 0.387 e. The van der Waals surface area contributed by atoms with Crippen molar-refractivity contribution in [2.24, 2.45) is 0 Å². The van der Waals surface area contributed by atoms with Gasteiger partial charge in [0.25, 0.3) is 0 Å². The molecule has 0 aliphatic carbocycles. The molecule has 1 aromatic rings. The number of halogens is 3. The first-order valence-corrected chi connectivity index (χ1v) is 5.41. The van der Waals surface area contributed by atoms with E-state index in [0.29, 0.717) is 12.4 Å². The Labute approximate surface area is 94.3 Å². The second-order valence-electron chi connectivity index (χ2n) is 3.26. The molecule has 0 spiro atoms. The van der Waals surface area contributed by atoms with Crippen LogP contribution in [0, 0.1) is 0 Å². The molecule has 0 aromatic heterocycles. The van der Waals surface area contributed by atoms with Crippen molar-refractivity contribution < 1.29 is 18.3 Å². The predicted molar refractivity (Wildman–Crippen MR) is 55.0 cm³/mol. The number of ether oxygens (including phenoxy) is 2. The van der Waals surface area contributed by atoms with Crippen LogP contribution in [0.3, 0.4) is 0 Å². The fourth-order valence-corrected chi connectivity index (χ4v) is 1.97. The Morgan fingerprint density at radius 2 is 2.27 bits per heavy atom. The van der Waals surface area contributed by atoms with Gasteiger partial charge in [0.1, 0.15) is 18.1 Å². The van der Waals surface area contributed by atoms with Gasteiger partial charge in [-0.15, -0.1) is 0 Å². The second kappa shape index (κ2) is 4.35. The number of hydrogen-bond donors (Lipinski definition) is 0. The van der Waals surface area contributed by atoms with Crippen LogP contribution in [0.2, 0.25) is 0 Å². The van der Waals surface area contributed by atoms with Crippen molar-refractivity contribution in [1.29, 1.82) is 0 Å². The Kier molecular flexibility index (Phi) is 3.09. The molecule has 1 unspecified atom stereocenters. The summed E-state index contributed by atoms with van der Waals surface area (Å²) in [4.78, 5) is 0.284. The molecule has 15 heavy (non-hydrogen) atoms. The second-order valence-corrected chi connectivity index (χ2v) is 4.56. The summed E-state index contributed by atoms with van der Waals surface area (Å²) < 4.78 is 33.6. The highest BCUT2D eigenvalue weighted by atomic mass is 79.9. The van der Waals surface area contributed by atoms with Crippen molar-refractivity contribution in [2.45, 2.75) is 17.9 Å². The number of benzene rings is 1. The Hall–Kier alpha value is -0.840. The molecule has 1 atom stereocenters. The molecule has 0 radical (unpaired) electrons. The van der Waals surface area contributed by atoms with Crippen LogP contribution in [-0.2, 0) is 6.42 Å². The zero-order valence-corrected chi connectivity index (χ0v) is 9.34. The van der Waals surface area contributed by atoms with Crippen molar-refractivity contribution in [2.75, 3.05) is 6.61 Å². The topological polar surface area (TPSA) is 18.5 Å². The summed E-state index contributed by atoms with van der Waals surface area (Å²) in [5.41, 5.74) is 1.00. The standard InChI is InChI=1S/C10H9BrF2O2/c11-7-3-6-1-2-8(15-10(12)13)4-9(6)14-5-7/h1-2,4,7,10H,3,5H2. The summed E-state index contributed by atoms with van der Waals surface area (Å²) in [6, 6.07) is 4.78. The van der Waals surface area contributed by atoms with Gasteiger partial charge in [0.2, 0.25) is 0 Å². The van der Waals surface area contributed by atoms with Gasteiger partial charge in [-0.1, -0.05) is 22.0 Å². The van der Waals surface area contributed by atoms with Crippen molar-refractivity contribution >= 4 is 15.9 Å². The predicted octanol–water partition coefficient (Wildman–Crippen LogP) is 2.99. The van der Waals surface area contributed by atoms with E-state index in [1.807, 2.05) is 0 Å². The summed E-state index contributed by atoms with van der Waals surface area (Å²) >= 11 is 3.44. The van der Waals surface area contributed by atoms with Crippen LogP contribution >= 0.6 is 15.9 Å². The summed E-state index contributed by atoms with van der Waals surface area (Å²) in [5.74, 6) is 0.764. The van der Waals surface area contributed by atoms with E-state index in [2.05, 4.69) is 20.7 Å². The lowest BCUT2D eigenvalue weighted by atomic mass is 10.1. The quantitative estimate of drug-likeness (QED) is 0.775. The fraction of sp³-hybridized carbons (Fsp3) is 0.400. The highest BCUT2D eigenvalue weighted by Crippen LogP contribution is 2.31. The van der Waals surface area contributed by atoms with Gasteiger partial charge in [-0.05, 0) is 18.1 Å². The van der Waals surface area contributed by atoms with Gasteiger partial charge in [-0.3, -0.25) is 0 Å². The molecule has 2 nitrogen and oxygen atoms in total. The zero-order valence-electron chi connectivity index (χ0n) is 7.75. The van der Waals surface area contributed by atoms with Gasteiger partial charge in [0.15, 0.2) is 0 Å². The summed E-state index contributed by atoms with van der Waals surface area (Å²) in [7, 11) is 0. The van der Waals surface area contributed by atoms with Crippen molar-refractivity contribution in [1.82, 2.24) is 0 Å². The molecular weight excluding hydrogens is 270 g/mol. The summed E-state index contributed by atoms with van der Waals surface area (Å²) in [6.45, 7) is -2.25. The zero-order chi connectivity index (χ0) is 10.8. The first-order chi connectivity index (χ1) is 7.15. The molecule has 5 heteroatoms. The lowest BCUT2D eigenvalue weighted by molar-refractivity contribution is -0.0499. The van der Waals surface area contributed by atoms with E-state index >= 15 is 0 Å². The van der Waals surface area contributed by atoms with Crippen LogP contribution in [0.4, 0.5) is 8.78 Å². The van der Waals surface area contributed by atoms with E-state index in [4.69, 9.17) is 4.74 Å². The molecule has 0 fully saturated rings. The largest absolute Gasteiger partial charge is 0.492 e. The normalized spacial score (nSPS) is 19.6. The third kappa shape index (κ3) is 2.59. The van der Waals surface area contributed by atoms with Gasteiger partial charge in [0, 0.05) is 6.07 Å². The van der Waals surface area contributed by atoms with Crippen molar-refractivity contribution in [3.63, 3.8) is 0 Å². The van der Waals surface area contributed by atoms with E-state index in [9.17, 15) is 8.78 Å². The summed E-state index contributed by atoms with van der Waals surface area (Å²) in [5, 5.41) is 0. The minimum absolute atomic E-state index is 0.136. The van der Waals surface area contributed by atoms with Crippen LogP contribution in [-0.4, -0.2) is 18.0 Å². The first-order valence-electron chi connectivity index (χ1n) is 4.50. The Bertz CT molecular complexity index is 357. The molecule has 0 saturated carbocycles. The number of rotatable bonds is 2. The molecule has 1 aromatic carbocycles. The van der Waals surface area contributed by atoms with Gasteiger partial charge >= 0.3 is 6.61 Å². The van der Waals surface area contributed by atoms with E-state index in [-0.39, 0.29) is 10.6 Å². The molecule has 0 N–H and O–H groups in total. The molecule has 0 amide bonds. The minimum Gasteiger partial charge on any atom is -0.492 e. The van der Waals surface area contributed by atoms with Gasteiger partial charge < -0.3 is 9.47 Å². The maximum Gasteiger partial charge on any atom is 0.387 e. The molecule has 82 valence electrons. The van der Waals surface area contributed by atoms with Crippen molar-refractivity contribution in [3.05, 3.63) is 23.8 Å². The lowest BCUT2D eigenvalue weighted by Gasteiger charge is -2.21. The molecule has 2 rings (SSSR count). The van der Waals surface area contributed by atoms with Crippen LogP contribution in [0.5, 0.6) is 11.5 Å². The highest BCUT2D eigenvalue weighted by molar-refractivity contribution is 9.09. The van der Waals surface area contributed by atoms with Crippen molar-refractivity contribution in [3.8, 4) is 11.5 Å². The SMILES string of the molecule is FC(F)Oc1ccc2c(c1)OCC(Br)C2. The molecule has 0 bridgehead atoms. The molecule has 1 aliphatic heterocycles. The van der Waals surface area contributed by atoms with Gasteiger partial charge in [0.05, 0.1) is 4.83 Å². The number of alkyl halides is 3. The van der Waals surface area contributed by atoms with E-state index in [1.165, 1.54) is 12.1 Å². The van der Waals surface area contributed by atoms with E-state index in [1.54, 1.807) is 6.07 Å². The van der Waals surface area contributed by atoms with Gasteiger partial charge in [-0.25, -0.2) is 0 Å². The third-order valence-electron chi connectivity index (χ3n) is 2.12. The molecule has 1 heterocycles. The van der Waals surface area contributed by atoms with E-state index in [0.717, 1.165) is 12.0 Å². The first kappa shape index (κ1) is 10.7. The number of hydrogen-bond acceptors (Lipinski definition) is 2. The maximum atomic E-state index is 11.9. The van der Waals surface area contributed by atoms with Crippen LogP contribution < -0.4 is 9.47 Å². The fourth-order valence-electron chi connectivity index (χ4n) is 1.49. The molecular formula is C10H9BrF2O2. The average molecular weight is 279 g/mol. The third-order valence-corrected chi connectivity index (χ3v) is 2.71. The number of fused-ring (bicyclic) bond motifs is 1. The Morgan fingerprint density at radius 1 is 1.47 bits per heavy atom. The lowest BCUT2D eigenvalue weighted by Crippen LogP contribution is -2.20. The Morgan fingerprint density at radius 3 is 3.00 bits per heavy atom.